The van der Waals surface area contributed by atoms with Gasteiger partial charge in [-0.3, -0.25) is 9.59 Å². The topological polar surface area (TPSA) is 96.9 Å². The van der Waals surface area contributed by atoms with Crippen molar-refractivity contribution < 1.29 is 22.8 Å². The number of hydrogen-bond donors (Lipinski definition) is 2. The van der Waals surface area contributed by atoms with E-state index in [1.165, 1.54) is 24.5 Å². The number of nitrogens with one attached hydrogen (secondary N) is 2. The van der Waals surface area contributed by atoms with Crippen LogP contribution in [-0.2, 0) is 9.59 Å². The summed E-state index contributed by atoms with van der Waals surface area (Å²) < 4.78 is 38.3. The summed E-state index contributed by atoms with van der Waals surface area (Å²) in [5.74, 6) is -0.228. The summed E-state index contributed by atoms with van der Waals surface area (Å²) in [7, 11) is 0. The van der Waals surface area contributed by atoms with Crippen LogP contribution >= 0.6 is 11.3 Å². The number of Topliss-reactive ketones (excluding diaryl/α,β-unsaturated/α-hetero) is 1. The fraction of sp³-hybridized carbons (Fsp3) is 0.381. The molecule has 0 bridgehead atoms. The van der Waals surface area contributed by atoms with Crippen LogP contribution in [0, 0.1) is 5.92 Å². The molecule has 0 saturated heterocycles. The molecule has 1 aromatic carbocycles. The van der Waals surface area contributed by atoms with Crippen LogP contribution in [0.4, 0.5) is 24.1 Å². The number of aromatic nitrogens is 3. The summed E-state index contributed by atoms with van der Waals surface area (Å²) in [4.78, 5) is 36.7. The number of amides is 1. The van der Waals surface area contributed by atoms with Gasteiger partial charge < -0.3 is 10.6 Å². The van der Waals surface area contributed by atoms with Crippen molar-refractivity contribution in [2.24, 2.45) is 5.92 Å². The minimum Gasteiger partial charge on any atom is -0.360 e. The number of carbonyl (C=O) groups is 2. The number of benzene rings is 1. The molecule has 0 saturated carbocycles. The van der Waals surface area contributed by atoms with E-state index >= 15 is 0 Å². The first-order chi connectivity index (χ1) is 15.0. The first-order valence-electron chi connectivity index (χ1n) is 9.89. The molecule has 11 heteroatoms. The molecule has 3 aromatic rings. The third kappa shape index (κ3) is 6.22. The summed E-state index contributed by atoms with van der Waals surface area (Å²) in [5, 5.41) is 6.10. The molecule has 0 aliphatic carbocycles. The van der Waals surface area contributed by atoms with Crippen LogP contribution in [0.15, 0.2) is 30.5 Å². The van der Waals surface area contributed by atoms with Gasteiger partial charge in [-0.05, 0) is 30.2 Å². The highest BCUT2D eigenvalue weighted by Crippen LogP contribution is 2.30. The number of anilines is 2. The number of rotatable bonds is 8. The number of thiazole rings is 1. The molecule has 3 rings (SSSR count). The number of halogens is 3. The van der Waals surface area contributed by atoms with Gasteiger partial charge in [0.05, 0.1) is 22.7 Å². The number of carbonyl (C=O) groups excluding carboxylic acids is 2. The van der Waals surface area contributed by atoms with E-state index in [-0.39, 0.29) is 11.8 Å². The normalized spacial score (nSPS) is 12.7. The highest BCUT2D eigenvalue weighted by molar-refractivity contribution is 7.22. The Balaban J connectivity index is 1.80. The molecule has 0 aliphatic heterocycles. The van der Waals surface area contributed by atoms with Gasteiger partial charge in [-0.25, -0.2) is 15.0 Å². The van der Waals surface area contributed by atoms with Crippen molar-refractivity contribution >= 4 is 44.2 Å². The lowest BCUT2D eigenvalue weighted by Gasteiger charge is -2.22. The summed E-state index contributed by atoms with van der Waals surface area (Å²) in [6.07, 6.45) is -4.60. The molecule has 0 radical (unpaired) electrons. The number of ketones is 1. The van der Waals surface area contributed by atoms with Gasteiger partial charge in [0.2, 0.25) is 5.91 Å². The van der Waals surface area contributed by atoms with Crippen LogP contribution in [0.5, 0.6) is 0 Å². The number of nitrogens with zero attached hydrogens (tertiary/aromatic N) is 3. The zero-order valence-electron chi connectivity index (χ0n) is 17.7. The van der Waals surface area contributed by atoms with E-state index in [0.29, 0.717) is 27.9 Å². The van der Waals surface area contributed by atoms with E-state index in [1.807, 2.05) is 6.07 Å². The lowest BCUT2D eigenvalue weighted by Crippen LogP contribution is -2.35. The predicted octanol–water partition coefficient (Wildman–Crippen LogP) is 5.06. The van der Waals surface area contributed by atoms with Crippen molar-refractivity contribution in [3.05, 3.63) is 30.5 Å². The lowest BCUT2D eigenvalue weighted by molar-refractivity contribution is -0.143. The molecular weight excluding hydrogens is 443 g/mol. The van der Waals surface area contributed by atoms with Crippen LogP contribution in [0.2, 0.25) is 0 Å². The van der Waals surface area contributed by atoms with E-state index in [1.54, 1.807) is 32.0 Å². The van der Waals surface area contributed by atoms with E-state index in [9.17, 15) is 22.8 Å². The van der Waals surface area contributed by atoms with Gasteiger partial charge in [0.1, 0.15) is 5.82 Å². The predicted molar refractivity (Wildman–Crippen MR) is 117 cm³/mol. The zero-order valence-corrected chi connectivity index (χ0v) is 18.5. The SMILES string of the molecule is CC(=O)Nc1nc2ccc(-c3nccc(N[C@@H](C(=O)CCC(F)(F)F)C(C)C)n3)cc2s1. The Morgan fingerprint density at radius 3 is 2.56 bits per heavy atom. The molecule has 170 valence electrons. The van der Waals surface area contributed by atoms with Gasteiger partial charge in [-0.1, -0.05) is 25.2 Å². The minimum atomic E-state index is -4.38. The van der Waals surface area contributed by atoms with Crippen molar-refractivity contribution in [1.82, 2.24) is 15.0 Å². The molecule has 7 nitrogen and oxygen atoms in total. The first kappa shape index (κ1) is 23.6. The van der Waals surface area contributed by atoms with Crippen molar-refractivity contribution in [3.8, 4) is 11.4 Å². The fourth-order valence-corrected chi connectivity index (χ4v) is 4.00. The molecule has 0 aliphatic rings. The third-order valence-electron chi connectivity index (χ3n) is 4.56. The second-order valence-electron chi connectivity index (χ2n) is 7.60. The highest BCUT2D eigenvalue weighted by Gasteiger charge is 2.31. The Labute approximate surface area is 186 Å². The van der Waals surface area contributed by atoms with E-state index in [2.05, 4.69) is 25.6 Å². The molecule has 0 spiro atoms. The Hall–Kier alpha value is -3.08. The summed E-state index contributed by atoms with van der Waals surface area (Å²) in [5.41, 5.74) is 1.41. The van der Waals surface area contributed by atoms with Gasteiger partial charge in [0, 0.05) is 25.1 Å². The van der Waals surface area contributed by atoms with Gasteiger partial charge >= 0.3 is 6.18 Å². The monoisotopic (exact) mass is 465 g/mol. The zero-order chi connectivity index (χ0) is 23.5. The number of fused-ring (bicyclic) bond motifs is 1. The van der Waals surface area contributed by atoms with Gasteiger partial charge in [-0.15, -0.1) is 0 Å². The molecule has 1 amide bonds. The molecule has 2 N–H and O–H groups in total. The summed E-state index contributed by atoms with van der Waals surface area (Å²) in [6, 6.07) is 6.17. The Kier molecular flexibility index (Phi) is 7.07. The van der Waals surface area contributed by atoms with Crippen molar-refractivity contribution in [2.75, 3.05) is 10.6 Å². The molecule has 32 heavy (non-hydrogen) atoms. The molecule has 1 atom stereocenters. The second-order valence-corrected chi connectivity index (χ2v) is 8.63. The molecule has 0 fully saturated rings. The summed E-state index contributed by atoms with van der Waals surface area (Å²) in [6.45, 7) is 4.92. The smallest absolute Gasteiger partial charge is 0.360 e. The van der Waals surface area contributed by atoms with E-state index in [0.717, 1.165) is 4.70 Å². The quantitative estimate of drug-likeness (QED) is 0.483. The van der Waals surface area contributed by atoms with E-state index < -0.39 is 30.8 Å². The highest BCUT2D eigenvalue weighted by atomic mass is 32.1. The lowest BCUT2D eigenvalue weighted by atomic mass is 9.97. The largest absolute Gasteiger partial charge is 0.389 e. The van der Waals surface area contributed by atoms with E-state index in [4.69, 9.17) is 0 Å². The van der Waals surface area contributed by atoms with Crippen molar-refractivity contribution in [2.45, 2.75) is 45.8 Å². The Morgan fingerprint density at radius 1 is 1.16 bits per heavy atom. The maximum atomic E-state index is 12.5. The average molecular weight is 466 g/mol. The van der Waals surface area contributed by atoms with Crippen LogP contribution in [-0.4, -0.2) is 38.9 Å². The first-order valence-corrected chi connectivity index (χ1v) is 10.7. The van der Waals surface area contributed by atoms with Gasteiger partial charge in [-0.2, -0.15) is 13.2 Å². The fourth-order valence-electron chi connectivity index (χ4n) is 3.04. The van der Waals surface area contributed by atoms with Gasteiger partial charge in [0.15, 0.2) is 16.7 Å². The van der Waals surface area contributed by atoms with Gasteiger partial charge in [0.25, 0.3) is 0 Å². The molecule has 0 unspecified atom stereocenters. The summed E-state index contributed by atoms with van der Waals surface area (Å²) >= 11 is 1.31. The standard InChI is InChI=1S/C21H22F3N5O2S/c1-11(2)18(15(31)6-8-21(22,23)24)28-17-7-9-25-19(29-17)13-4-5-14-16(10-13)32-20(27-14)26-12(3)30/h4-5,7,9-11,18H,6,8H2,1-3H3,(H,25,28,29)(H,26,27,30)/t18-/m1/s1. The van der Waals surface area contributed by atoms with Crippen LogP contribution in [0.3, 0.4) is 0 Å². The third-order valence-corrected chi connectivity index (χ3v) is 5.49. The Bertz CT molecular complexity index is 1130. The van der Waals surface area contributed by atoms with Crippen LogP contribution < -0.4 is 10.6 Å². The minimum absolute atomic E-state index is 0.212. The number of alkyl halides is 3. The Morgan fingerprint density at radius 2 is 1.91 bits per heavy atom. The molecule has 2 aromatic heterocycles. The number of hydrogen-bond acceptors (Lipinski definition) is 7. The van der Waals surface area contributed by atoms with Crippen LogP contribution in [0.1, 0.15) is 33.6 Å². The maximum Gasteiger partial charge on any atom is 0.389 e. The maximum absolute atomic E-state index is 12.5. The molecule has 2 heterocycles. The molecular formula is C21H22F3N5O2S. The van der Waals surface area contributed by atoms with Crippen molar-refractivity contribution in [1.29, 1.82) is 0 Å². The van der Waals surface area contributed by atoms with Crippen molar-refractivity contribution in [3.63, 3.8) is 0 Å². The van der Waals surface area contributed by atoms with Crippen LogP contribution in [0.25, 0.3) is 21.6 Å². The average Bonchev–Trinajstić information content (AvgIpc) is 3.10. The second kappa shape index (κ2) is 9.60.